The molecule has 0 spiro atoms. The van der Waals surface area contributed by atoms with Gasteiger partial charge >= 0.3 is 0 Å². The van der Waals surface area contributed by atoms with Gasteiger partial charge in [-0.3, -0.25) is 5.41 Å². The molecule has 0 aliphatic carbocycles. The fourth-order valence-electron chi connectivity index (χ4n) is 3.40. The molecule has 0 unspecified atom stereocenters. The van der Waals surface area contributed by atoms with Crippen LogP contribution in [0.4, 0.5) is 17.3 Å². The highest BCUT2D eigenvalue weighted by atomic mass is 16.5. The lowest BCUT2D eigenvalue weighted by molar-refractivity contribution is 0.232. The second-order valence-electron chi connectivity index (χ2n) is 7.45. The van der Waals surface area contributed by atoms with E-state index < -0.39 is 0 Å². The first-order valence-corrected chi connectivity index (χ1v) is 10.1. The van der Waals surface area contributed by atoms with E-state index in [9.17, 15) is 0 Å². The molecule has 3 N–H and O–H groups in total. The maximum atomic E-state index is 8.65. The van der Waals surface area contributed by atoms with Crippen molar-refractivity contribution in [1.29, 1.82) is 5.41 Å². The van der Waals surface area contributed by atoms with Gasteiger partial charge < -0.3 is 20.3 Å². The minimum absolute atomic E-state index is 0. The summed E-state index contributed by atoms with van der Waals surface area (Å²) in [5, 5.41) is 8.65. The molecule has 1 aliphatic rings. The van der Waals surface area contributed by atoms with Crippen molar-refractivity contribution in [2.75, 3.05) is 41.7 Å². The molecular weight excluding hydrogens is 394 g/mol. The second-order valence-corrected chi connectivity index (χ2v) is 7.45. The van der Waals surface area contributed by atoms with E-state index in [0.29, 0.717) is 22.8 Å². The molecule has 10 nitrogen and oxygen atoms in total. The Morgan fingerprint density at radius 1 is 1.03 bits per heavy atom. The zero-order chi connectivity index (χ0) is 21.8. The van der Waals surface area contributed by atoms with Crippen molar-refractivity contribution in [3.05, 3.63) is 54.5 Å². The normalized spacial score (nSPS) is 14.0. The fraction of sp³-hybridized carbons (Fsp3) is 0.333. The van der Waals surface area contributed by atoms with Crippen LogP contribution in [0.1, 0.15) is 26.5 Å². The first-order chi connectivity index (χ1) is 15.0. The molecule has 0 bridgehead atoms. The molecule has 0 aromatic carbocycles. The topological polar surface area (TPSA) is 130 Å². The van der Waals surface area contributed by atoms with Crippen molar-refractivity contribution >= 4 is 23.0 Å². The zero-order valence-corrected chi connectivity index (χ0v) is 17.6. The smallest absolute Gasteiger partial charge is 0.214 e. The predicted molar refractivity (Wildman–Crippen MR) is 121 cm³/mol. The molecule has 3 aromatic rings. The van der Waals surface area contributed by atoms with Crippen LogP contribution in [0.2, 0.25) is 0 Å². The summed E-state index contributed by atoms with van der Waals surface area (Å²) in [6.45, 7) is 7.06. The van der Waals surface area contributed by atoms with Gasteiger partial charge in [-0.1, -0.05) is 0 Å². The highest BCUT2D eigenvalue weighted by Crippen LogP contribution is 2.22. The summed E-state index contributed by atoms with van der Waals surface area (Å²) >= 11 is 0. The van der Waals surface area contributed by atoms with Crippen LogP contribution >= 0.6 is 0 Å². The lowest BCUT2D eigenvalue weighted by Gasteiger charge is -2.36. The number of nitrogens with two attached hydrogens (primary N) is 1. The van der Waals surface area contributed by atoms with Crippen LogP contribution in [0, 0.1) is 5.41 Å². The summed E-state index contributed by atoms with van der Waals surface area (Å²) in [6.07, 6.45) is 6.28. The average Bonchev–Trinajstić information content (AvgIpc) is 2.80. The summed E-state index contributed by atoms with van der Waals surface area (Å²) in [6, 6.07) is 5.42. The number of rotatable bonds is 6. The van der Waals surface area contributed by atoms with Crippen LogP contribution in [-0.4, -0.2) is 62.9 Å². The van der Waals surface area contributed by atoms with Crippen LogP contribution in [0.15, 0.2) is 43.2 Å². The molecule has 4 heterocycles. The Labute approximate surface area is 182 Å². The number of nitrogens with zero attached hydrogens (tertiary/aromatic N) is 7. The van der Waals surface area contributed by atoms with Gasteiger partial charge in [0.2, 0.25) is 5.88 Å². The summed E-state index contributed by atoms with van der Waals surface area (Å²) in [4.78, 5) is 25.6. The maximum absolute atomic E-state index is 8.65. The molecular formula is C21H27N9O. The van der Waals surface area contributed by atoms with Crippen LogP contribution in [-0.2, 0) is 0 Å². The van der Waals surface area contributed by atoms with Gasteiger partial charge in [0, 0.05) is 51.5 Å². The van der Waals surface area contributed by atoms with Gasteiger partial charge in [0.05, 0.1) is 29.4 Å². The molecule has 0 saturated carbocycles. The highest BCUT2D eigenvalue weighted by Gasteiger charge is 2.20. The third kappa shape index (κ3) is 4.68. The van der Waals surface area contributed by atoms with Crippen LogP contribution in [0.25, 0.3) is 0 Å². The van der Waals surface area contributed by atoms with Crippen molar-refractivity contribution < 1.29 is 6.16 Å². The predicted octanol–water partition coefficient (Wildman–Crippen LogP) is 2.02. The molecule has 1 aliphatic heterocycles. The number of nitrogens with one attached hydrogen (secondary N) is 1. The van der Waals surface area contributed by atoms with Crippen LogP contribution < -0.4 is 20.3 Å². The fourth-order valence-corrected chi connectivity index (χ4v) is 3.40. The SMILES string of the molecule is CC(C)Oc1cc(C(=N)c2cc(N3CCN(c4ccncn4)CC3)ncn2)c(N)cn1.[HH]. The van der Waals surface area contributed by atoms with E-state index >= 15 is 0 Å². The van der Waals surface area contributed by atoms with Crippen molar-refractivity contribution in [2.45, 2.75) is 20.0 Å². The molecule has 3 aromatic heterocycles. The first kappa shape index (κ1) is 20.5. The highest BCUT2D eigenvalue weighted by molar-refractivity contribution is 6.13. The van der Waals surface area contributed by atoms with E-state index in [0.717, 1.165) is 37.8 Å². The number of ether oxygens (including phenoxy) is 1. The maximum Gasteiger partial charge on any atom is 0.214 e. The molecule has 0 radical (unpaired) electrons. The van der Waals surface area contributed by atoms with Crippen molar-refractivity contribution in [3.8, 4) is 5.88 Å². The summed E-state index contributed by atoms with van der Waals surface area (Å²) in [7, 11) is 0. The first-order valence-electron chi connectivity index (χ1n) is 10.1. The van der Waals surface area contributed by atoms with Gasteiger partial charge in [-0.2, -0.15) is 0 Å². The largest absolute Gasteiger partial charge is 0.475 e. The van der Waals surface area contributed by atoms with Gasteiger partial charge in [0.15, 0.2) is 0 Å². The molecule has 0 amide bonds. The summed E-state index contributed by atoms with van der Waals surface area (Å²) in [5.41, 5.74) is 7.72. The van der Waals surface area contributed by atoms with E-state index in [1.54, 1.807) is 18.6 Å². The number of aromatic nitrogens is 5. The lowest BCUT2D eigenvalue weighted by Crippen LogP contribution is -2.47. The Balaban J connectivity index is 0.00000289. The minimum Gasteiger partial charge on any atom is -0.475 e. The molecule has 162 valence electrons. The van der Waals surface area contributed by atoms with Crippen LogP contribution in [0.5, 0.6) is 5.88 Å². The Morgan fingerprint density at radius 2 is 1.74 bits per heavy atom. The van der Waals surface area contributed by atoms with Crippen molar-refractivity contribution in [3.63, 3.8) is 0 Å². The van der Waals surface area contributed by atoms with E-state index in [-0.39, 0.29) is 13.2 Å². The second kappa shape index (κ2) is 8.90. The average molecular weight is 422 g/mol. The Hall–Kier alpha value is -3.82. The van der Waals surface area contributed by atoms with Crippen LogP contribution in [0.3, 0.4) is 0 Å². The van der Waals surface area contributed by atoms with E-state index in [1.165, 1.54) is 12.5 Å². The third-order valence-corrected chi connectivity index (χ3v) is 4.94. The van der Waals surface area contributed by atoms with Crippen molar-refractivity contribution in [2.24, 2.45) is 0 Å². The standard InChI is InChI=1S/C21H25N9O.H2/c1-14(2)31-20-9-15(16(22)11-25-20)21(23)17-10-19(28-13-26-17)30-7-5-29(6-8-30)18-3-4-24-12-27-18;/h3-4,9-14,23H,5-8,22H2,1-2H3;1H. The number of piperazine rings is 1. The number of pyridine rings is 1. The molecule has 1 saturated heterocycles. The number of nitrogen functional groups attached to an aromatic ring is 1. The molecule has 0 atom stereocenters. The molecule has 31 heavy (non-hydrogen) atoms. The zero-order valence-electron chi connectivity index (χ0n) is 17.6. The number of hydrogen-bond donors (Lipinski definition) is 2. The van der Waals surface area contributed by atoms with Gasteiger partial charge in [-0.25, -0.2) is 24.9 Å². The monoisotopic (exact) mass is 421 g/mol. The third-order valence-electron chi connectivity index (χ3n) is 4.94. The van der Waals surface area contributed by atoms with Gasteiger partial charge in [-0.05, 0) is 19.9 Å². The summed E-state index contributed by atoms with van der Waals surface area (Å²) < 4.78 is 5.64. The Kier molecular flexibility index (Phi) is 5.87. The molecule has 1 fully saturated rings. The molecule has 4 rings (SSSR count). The Morgan fingerprint density at radius 3 is 2.42 bits per heavy atom. The van der Waals surface area contributed by atoms with E-state index in [1.807, 2.05) is 26.0 Å². The number of hydrogen-bond acceptors (Lipinski definition) is 10. The van der Waals surface area contributed by atoms with Crippen molar-refractivity contribution in [1.82, 2.24) is 24.9 Å². The minimum atomic E-state index is -0.0233. The Bertz CT molecular complexity index is 1060. The van der Waals surface area contributed by atoms with E-state index in [4.69, 9.17) is 15.9 Å². The van der Waals surface area contributed by atoms with Gasteiger partial charge in [0.1, 0.15) is 24.3 Å². The molecule has 10 heteroatoms. The number of anilines is 3. The lowest BCUT2D eigenvalue weighted by atomic mass is 10.1. The van der Waals surface area contributed by atoms with Gasteiger partial charge in [0.25, 0.3) is 0 Å². The van der Waals surface area contributed by atoms with Gasteiger partial charge in [-0.15, -0.1) is 0 Å². The quantitative estimate of drug-likeness (QED) is 0.574. The summed E-state index contributed by atoms with van der Waals surface area (Å²) in [5.74, 6) is 2.13. The van der Waals surface area contributed by atoms with E-state index in [2.05, 4.69) is 34.7 Å².